The Morgan fingerprint density at radius 1 is 1.15 bits per heavy atom. The molecule has 0 unspecified atom stereocenters. The number of hydrogen-bond donors (Lipinski definition) is 0. The molecule has 0 aromatic rings. The fourth-order valence-electron chi connectivity index (χ4n) is 1.64. The summed E-state index contributed by atoms with van der Waals surface area (Å²) in [4.78, 5) is 0. The molecule has 0 radical (unpaired) electrons. The van der Waals surface area contributed by atoms with Gasteiger partial charge in [-0.3, -0.25) is 0 Å². The second-order valence-corrected chi connectivity index (χ2v) is 4.73. The van der Waals surface area contributed by atoms with Gasteiger partial charge in [0.15, 0.2) is 12.1 Å². The summed E-state index contributed by atoms with van der Waals surface area (Å²) < 4.78 is 2.46. The minimum Gasteiger partial charge on any atom is -0.230 e. The van der Waals surface area contributed by atoms with Crippen molar-refractivity contribution in [3.63, 3.8) is 0 Å². The molecule has 0 saturated heterocycles. The molecule has 0 saturated carbocycles. The average Bonchev–Trinajstić information content (AvgIpc) is 2.63. The van der Waals surface area contributed by atoms with Crippen LogP contribution in [0.1, 0.15) is 45.4 Å². The molecule has 1 rings (SSSR count). The van der Waals surface area contributed by atoms with E-state index in [4.69, 9.17) is 0 Å². The molecule has 0 N–H and O–H groups in total. The van der Waals surface area contributed by atoms with Crippen LogP contribution < -0.4 is 0 Å². The molecule has 0 fully saturated rings. The lowest BCUT2D eigenvalue weighted by Crippen LogP contribution is -2.11. The van der Waals surface area contributed by atoms with E-state index in [-0.39, 0.29) is 0 Å². The van der Waals surface area contributed by atoms with Crippen LogP contribution in [0.4, 0.5) is 0 Å². The van der Waals surface area contributed by atoms with Crippen LogP contribution >= 0.6 is 11.8 Å². The van der Waals surface area contributed by atoms with Crippen LogP contribution in [0.15, 0.2) is 0 Å². The highest BCUT2D eigenvalue weighted by Gasteiger charge is 2.09. The third kappa shape index (κ3) is 5.35. The van der Waals surface area contributed by atoms with Crippen molar-refractivity contribution in [2.75, 3.05) is 18.8 Å². The lowest BCUT2D eigenvalue weighted by atomic mass is 10.1. The molecular formula is C11H22NS+. The molecule has 0 atom stereocenters. The molecule has 1 nitrogen and oxygen atoms in total. The van der Waals surface area contributed by atoms with Gasteiger partial charge in [-0.05, 0) is 6.42 Å². The molecule has 0 aromatic heterocycles. The molecule has 1 aliphatic rings. The zero-order chi connectivity index (χ0) is 9.36. The van der Waals surface area contributed by atoms with E-state index in [1.54, 1.807) is 0 Å². The third-order valence-electron chi connectivity index (χ3n) is 2.52. The van der Waals surface area contributed by atoms with Crippen molar-refractivity contribution in [1.29, 1.82) is 0 Å². The van der Waals surface area contributed by atoms with Crippen molar-refractivity contribution < 1.29 is 4.58 Å². The highest BCUT2D eigenvalue weighted by molar-refractivity contribution is 8.12. The second kappa shape index (κ2) is 7.43. The lowest BCUT2D eigenvalue weighted by Gasteiger charge is -1.98. The Hall–Kier alpha value is 0.0200. The van der Waals surface area contributed by atoms with E-state index in [1.165, 1.54) is 57.4 Å². The molecule has 76 valence electrons. The number of nitrogens with zero attached hydrogens (tertiary/aromatic N) is 1. The highest BCUT2D eigenvalue weighted by Crippen LogP contribution is 2.07. The predicted octanol–water partition coefficient (Wildman–Crippen LogP) is 3.13. The smallest absolute Gasteiger partial charge is 0.198 e. The molecule has 1 aliphatic heterocycles. The normalized spacial score (nSPS) is 16.2. The number of hydrogen-bond acceptors (Lipinski definition) is 1. The van der Waals surface area contributed by atoms with Gasteiger partial charge in [0.25, 0.3) is 0 Å². The van der Waals surface area contributed by atoms with Gasteiger partial charge in [-0.15, -0.1) is 0 Å². The van der Waals surface area contributed by atoms with Gasteiger partial charge in [0.2, 0.25) is 0 Å². The van der Waals surface area contributed by atoms with E-state index in [0.717, 1.165) is 0 Å². The molecule has 0 spiro atoms. The summed E-state index contributed by atoms with van der Waals surface area (Å²) in [5.74, 6) is 1.30. The summed E-state index contributed by atoms with van der Waals surface area (Å²) >= 11 is 1.96. The second-order valence-electron chi connectivity index (χ2n) is 3.78. The van der Waals surface area contributed by atoms with Gasteiger partial charge in [-0.2, -0.15) is 0 Å². The highest BCUT2D eigenvalue weighted by atomic mass is 32.2. The van der Waals surface area contributed by atoms with Crippen molar-refractivity contribution in [1.82, 2.24) is 0 Å². The van der Waals surface area contributed by atoms with Crippen LogP contribution in [0.2, 0.25) is 0 Å². The van der Waals surface area contributed by atoms with Crippen LogP contribution in [-0.2, 0) is 0 Å². The van der Waals surface area contributed by atoms with Crippen LogP contribution in [0.5, 0.6) is 0 Å². The van der Waals surface area contributed by atoms with Crippen LogP contribution in [0, 0.1) is 0 Å². The molecule has 1 heterocycles. The van der Waals surface area contributed by atoms with E-state index in [9.17, 15) is 0 Å². The van der Waals surface area contributed by atoms with E-state index < -0.39 is 0 Å². The predicted molar refractivity (Wildman–Crippen MR) is 61.9 cm³/mol. The zero-order valence-electron chi connectivity index (χ0n) is 8.80. The molecule has 0 bridgehead atoms. The maximum absolute atomic E-state index is 2.46. The summed E-state index contributed by atoms with van der Waals surface area (Å²) in [6.45, 7) is 4.84. The summed E-state index contributed by atoms with van der Waals surface area (Å²) in [5, 5.41) is 0. The molecule has 0 aromatic carbocycles. The van der Waals surface area contributed by atoms with Gasteiger partial charge >= 0.3 is 0 Å². The minimum absolute atomic E-state index is 1.28. The van der Waals surface area contributed by atoms with Gasteiger partial charge in [0.05, 0.1) is 5.75 Å². The molecule has 13 heavy (non-hydrogen) atoms. The minimum atomic E-state index is 1.28. The van der Waals surface area contributed by atoms with E-state index in [2.05, 4.69) is 17.0 Å². The first-order valence-corrected chi connectivity index (χ1v) is 6.67. The third-order valence-corrected chi connectivity index (χ3v) is 3.38. The van der Waals surface area contributed by atoms with Crippen LogP contribution in [0.3, 0.4) is 0 Å². The number of thioether (sulfide) groups is 1. The first-order chi connectivity index (χ1) is 6.43. The Morgan fingerprint density at radius 2 is 1.92 bits per heavy atom. The summed E-state index contributed by atoms with van der Waals surface area (Å²) in [7, 11) is 0. The summed E-state index contributed by atoms with van der Waals surface area (Å²) in [5.41, 5.74) is 2.30. The van der Waals surface area contributed by atoms with Crippen molar-refractivity contribution in [2.45, 2.75) is 45.4 Å². The molecule has 0 amide bonds. The van der Waals surface area contributed by atoms with Crippen LogP contribution in [-0.4, -0.2) is 29.0 Å². The SMILES string of the molecule is CCCCCCCC[N+]1=CSCC1. The van der Waals surface area contributed by atoms with Crippen molar-refractivity contribution in [2.24, 2.45) is 0 Å². The van der Waals surface area contributed by atoms with E-state index >= 15 is 0 Å². The van der Waals surface area contributed by atoms with Gasteiger partial charge in [0.1, 0.15) is 6.54 Å². The lowest BCUT2D eigenvalue weighted by molar-refractivity contribution is -0.514. The molecular weight excluding hydrogens is 178 g/mol. The first-order valence-electron chi connectivity index (χ1n) is 5.62. The number of unbranched alkanes of at least 4 members (excludes halogenated alkanes) is 5. The maximum Gasteiger partial charge on any atom is 0.198 e. The van der Waals surface area contributed by atoms with Gasteiger partial charge in [-0.1, -0.05) is 44.4 Å². The summed E-state index contributed by atoms with van der Waals surface area (Å²) in [6.07, 6.45) is 8.47. The summed E-state index contributed by atoms with van der Waals surface area (Å²) in [6, 6.07) is 0. The Morgan fingerprint density at radius 3 is 2.62 bits per heavy atom. The van der Waals surface area contributed by atoms with Crippen molar-refractivity contribution in [3.8, 4) is 0 Å². The van der Waals surface area contributed by atoms with Crippen molar-refractivity contribution in [3.05, 3.63) is 0 Å². The standard InChI is InChI=1S/C11H22NS/c1-2-3-4-5-6-7-8-12-9-10-13-11-12/h11H,2-10H2,1H3/q+1. The average molecular weight is 200 g/mol. The largest absolute Gasteiger partial charge is 0.230 e. The molecule has 0 aliphatic carbocycles. The van der Waals surface area contributed by atoms with Crippen LogP contribution in [0.25, 0.3) is 0 Å². The number of rotatable bonds is 7. The topological polar surface area (TPSA) is 3.01 Å². The maximum atomic E-state index is 2.46. The Balaban J connectivity index is 1.83. The monoisotopic (exact) mass is 200 g/mol. The van der Waals surface area contributed by atoms with Gasteiger partial charge in [0, 0.05) is 6.42 Å². The van der Waals surface area contributed by atoms with Gasteiger partial charge < -0.3 is 0 Å². The fraction of sp³-hybridized carbons (Fsp3) is 0.909. The zero-order valence-corrected chi connectivity index (χ0v) is 9.61. The fourth-order valence-corrected chi connectivity index (χ4v) is 2.51. The molecule has 2 heteroatoms. The Kier molecular flexibility index (Phi) is 6.34. The Bertz CT molecular complexity index is 154. The quantitative estimate of drug-likeness (QED) is 0.451. The first kappa shape index (κ1) is 11.1. The van der Waals surface area contributed by atoms with Crippen molar-refractivity contribution >= 4 is 17.3 Å². The van der Waals surface area contributed by atoms with E-state index in [1.807, 2.05) is 11.8 Å². The van der Waals surface area contributed by atoms with Gasteiger partial charge in [-0.25, -0.2) is 4.58 Å². The Labute approximate surface area is 86.6 Å². The van der Waals surface area contributed by atoms with E-state index in [0.29, 0.717) is 0 Å².